The zero-order valence-corrected chi connectivity index (χ0v) is 14.7. The molecule has 0 saturated carbocycles. The molecular weight excluding hydrogens is 385 g/mol. The van der Waals surface area contributed by atoms with E-state index in [1.165, 1.54) is 27.8 Å². The Morgan fingerprint density at radius 2 is 1.79 bits per heavy atom. The van der Waals surface area contributed by atoms with Gasteiger partial charge in [-0.05, 0) is 36.4 Å². The summed E-state index contributed by atoms with van der Waals surface area (Å²) in [5, 5.41) is 14.2. The lowest BCUT2D eigenvalue weighted by Crippen LogP contribution is -2.16. The minimum Gasteiger partial charge on any atom is -0.319 e. The second-order valence-corrected chi connectivity index (χ2v) is 6.02. The lowest BCUT2D eigenvalue weighted by molar-refractivity contribution is -0.137. The van der Waals surface area contributed by atoms with Crippen LogP contribution in [0, 0.1) is 0 Å². The number of hydrogen-bond donors (Lipinski definition) is 1. The number of para-hydroxylation sites is 1. The van der Waals surface area contributed by atoms with Crippen molar-refractivity contribution in [1.82, 2.24) is 24.8 Å². The summed E-state index contributed by atoms with van der Waals surface area (Å²) < 4.78 is 42.2. The monoisotopic (exact) mass is 398 g/mol. The van der Waals surface area contributed by atoms with Gasteiger partial charge in [0.2, 0.25) is 0 Å². The third-order valence-corrected chi connectivity index (χ3v) is 4.07. The van der Waals surface area contributed by atoms with E-state index in [-0.39, 0.29) is 17.1 Å². The largest absolute Gasteiger partial charge is 0.416 e. The minimum absolute atomic E-state index is 0.0438. The minimum atomic E-state index is -4.56. The molecule has 10 heteroatoms. The number of alkyl halides is 3. The van der Waals surface area contributed by atoms with Crippen molar-refractivity contribution in [1.29, 1.82) is 0 Å². The SMILES string of the molecule is O=C(Nc1cc(C(F)(F)F)ccc1-n1cccn1)c1cn(-c2ccccc2)nn1. The van der Waals surface area contributed by atoms with Gasteiger partial charge in [0.15, 0.2) is 5.69 Å². The van der Waals surface area contributed by atoms with Gasteiger partial charge in [-0.1, -0.05) is 23.4 Å². The quantitative estimate of drug-likeness (QED) is 0.568. The molecule has 0 aliphatic carbocycles. The Morgan fingerprint density at radius 1 is 1.00 bits per heavy atom. The topological polar surface area (TPSA) is 77.6 Å². The van der Waals surface area contributed by atoms with E-state index in [9.17, 15) is 18.0 Å². The maximum absolute atomic E-state index is 13.1. The van der Waals surface area contributed by atoms with Gasteiger partial charge in [0.1, 0.15) is 0 Å². The van der Waals surface area contributed by atoms with E-state index < -0.39 is 17.6 Å². The van der Waals surface area contributed by atoms with E-state index >= 15 is 0 Å². The van der Waals surface area contributed by atoms with E-state index in [0.717, 1.165) is 12.1 Å². The summed E-state index contributed by atoms with van der Waals surface area (Å²) in [6.45, 7) is 0. The number of carbonyl (C=O) groups is 1. The number of nitrogens with zero attached hydrogens (tertiary/aromatic N) is 5. The molecule has 0 unspecified atom stereocenters. The number of nitrogens with one attached hydrogen (secondary N) is 1. The maximum Gasteiger partial charge on any atom is 0.416 e. The first-order chi connectivity index (χ1) is 13.9. The molecule has 0 fully saturated rings. The lowest BCUT2D eigenvalue weighted by Gasteiger charge is -2.14. The molecule has 2 aromatic heterocycles. The molecule has 0 atom stereocenters. The highest BCUT2D eigenvalue weighted by Gasteiger charge is 2.31. The van der Waals surface area contributed by atoms with Gasteiger partial charge in [-0.3, -0.25) is 4.79 Å². The number of halogens is 3. The van der Waals surface area contributed by atoms with Crippen molar-refractivity contribution in [2.75, 3.05) is 5.32 Å². The predicted molar refractivity (Wildman–Crippen MR) is 97.9 cm³/mol. The summed E-state index contributed by atoms with van der Waals surface area (Å²) in [5.41, 5.74) is -0.0146. The molecule has 0 aliphatic heterocycles. The summed E-state index contributed by atoms with van der Waals surface area (Å²) in [6, 6.07) is 13.6. The third-order valence-electron chi connectivity index (χ3n) is 4.07. The van der Waals surface area contributed by atoms with Crippen LogP contribution in [0.5, 0.6) is 0 Å². The number of hydrogen-bond acceptors (Lipinski definition) is 4. The van der Waals surface area contributed by atoms with Gasteiger partial charge in [0.05, 0.1) is 28.8 Å². The highest BCUT2D eigenvalue weighted by molar-refractivity contribution is 6.03. The molecule has 29 heavy (non-hydrogen) atoms. The first-order valence-corrected chi connectivity index (χ1v) is 8.42. The van der Waals surface area contributed by atoms with Crippen LogP contribution >= 0.6 is 0 Å². The van der Waals surface area contributed by atoms with Crippen molar-refractivity contribution in [3.8, 4) is 11.4 Å². The highest BCUT2D eigenvalue weighted by atomic mass is 19.4. The molecule has 2 aromatic carbocycles. The van der Waals surface area contributed by atoms with Crippen LogP contribution in [0.2, 0.25) is 0 Å². The van der Waals surface area contributed by atoms with Crippen LogP contribution in [-0.2, 0) is 6.18 Å². The average molecular weight is 398 g/mol. The standard InChI is InChI=1S/C19H13F3N6O/c20-19(21,22)13-7-8-17(27-10-4-9-23-27)15(11-13)24-18(29)16-12-28(26-25-16)14-5-2-1-3-6-14/h1-12H,(H,24,29). The first kappa shape index (κ1) is 18.4. The Bertz CT molecular complexity index is 1140. The molecular formula is C19H13F3N6O. The van der Waals surface area contributed by atoms with E-state index in [0.29, 0.717) is 5.69 Å². The zero-order valence-electron chi connectivity index (χ0n) is 14.7. The molecule has 0 radical (unpaired) electrons. The molecule has 0 saturated heterocycles. The van der Waals surface area contributed by atoms with Crippen molar-refractivity contribution in [2.24, 2.45) is 0 Å². The summed E-state index contributed by atoms with van der Waals surface area (Å²) in [6.07, 6.45) is -0.122. The second kappa shape index (κ2) is 7.23. The molecule has 146 valence electrons. The Morgan fingerprint density at radius 3 is 2.48 bits per heavy atom. The van der Waals surface area contributed by atoms with Crippen molar-refractivity contribution < 1.29 is 18.0 Å². The summed E-state index contributed by atoms with van der Waals surface area (Å²) in [7, 11) is 0. The smallest absolute Gasteiger partial charge is 0.319 e. The van der Waals surface area contributed by atoms with Crippen LogP contribution in [0.3, 0.4) is 0 Å². The molecule has 7 nitrogen and oxygen atoms in total. The number of aromatic nitrogens is 5. The Labute approximate surface area is 162 Å². The van der Waals surface area contributed by atoms with E-state index in [2.05, 4.69) is 20.7 Å². The fourth-order valence-electron chi connectivity index (χ4n) is 2.68. The maximum atomic E-state index is 13.1. The molecule has 0 aliphatic rings. The van der Waals surface area contributed by atoms with Gasteiger partial charge in [-0.25, -0.2) is 9.36 Å². The van der Waals surface area contributed by atoms with Gasteiger partial charge >= 0.3 is 6.18 Å². The van der Waals surface area contributed by atoms with Gasteiger partial charge in [-0.15, -0.1) is 5.10 Å². The molecule has 0 spiro atoms. The number of anilines is 1. The second-order valence-electron chi connectivity index (χ2n) is 6.02. The number of rotatable bonds is 4. The number of amides is 1. The molecule has 2 heterocycles. The van der Waals surface area contributed by atoms with E-state index in [1.54, 1.807) is 36.5 Å². The van der Waals surface area contributed by atoms with Crippen LogP contribution in [-0.4, -0.2) is 30.7 Å². The first-order valence-electron chi connectivity index (χ1n) is 8.42. The molecule has 4 rings (SSSR count). The van der Waals surface area contributed by atoms with Crippen molar-refractivity contribution in [2.45, 2.75) is 6.18 Å². The van der Waals surface area contributed by atoms with Crippen molar-refractivity contribution >= 4 is 11.6 Å². The fraction of sp³-hybridized carbons (Fsp3) is 0.0526. The zero-order chi connectivity index (χ0) is 20.4. The molecule has 0 bridgehead atoms. The Kier molecular flexibility index (Phi) is 4.59. The van der Waals surface area contributed by atoms with Crippen LogP contribution in [0.25, 0.3) is 11.4 Å². The average Bonchev–Trinajstić information content (AvgIpc) is 3.40. The molecule has 4 aromatic rings. The number of benzene rings is 2. The normalized spacial score (nSPS) is 11.4. The van der Waals surface area contributed by atoms with E-state index in [4.69, 9.17) is 0 Å². The molecule has 1 N–H and O–H groups in total. The number of carbonyl (C=O) groups excluding carboxylic acids is 1. The van der Waals surface area contributed by atoms with Gasteiger partial charge < -0.3 is 5.32 Å². The van der Waals surface area contributed by atoms with Crippen molar-refractivity contribution in [3.05, 3.63) is 84.4 Å². The summed E-state index contributed by atoms with van der Waals surface area (Å²) in [5.74, 6) is -0.695. The Hall–Kier alpha value is -3.95. The summed E-state index contributed by atoms with van der Waals surface area (Å²) in [4.78, 5) is 12.6. The highest BCUT2D eigenvalue weighted by Crippen LogP contribution is 2.33. The summed E-state index contributed by atoms with van der Waals surface area (Å²) >= 11 is 0. The van der Waals surface area contributed by atoms with Crippen LogP contribution < -0.4 is 5.32 Å². The fourth-order valence-corrected chi connectivity index (χ4v) is 2.68. The Balaban J connectivity index is 1.66. The van der Waals surface area contributed by atoms with Gasteiger partial charge in [0.25, 0.3) is 5.91 Å². The van der Waals surface area contributed by atoms with Gasteiger partial charge in [-0.2, -0.15) is 18.3 Å². The van der Waals surface area contributed by atoms with Crippen LogP contribution in [0.4, 0.5) is 18.9 Å². The third kappa shape index (κ3) is 3.86. The predicted octanol–water partition coefficient (Wildman–Crippen LogP) is 3.72. The lowest BCUT2D eigenvalue weighted by atomic mass is 10.1. The van der Waals surface area contributed by atoms with Crippen LogP contribution in [0.15, 0.2) is 73.2 Å². The van der Waals surface area contributed by atoms with Crippen LogP contribution in [0.1, 0.15) is 16.1 Å². The van der Waals surface area contributed by atoms with Gasteiger partial charge in [0, 0.05) is 12.4 Å². The van der Waals surface area contributed by atoms with Crippen molar-refractivity contribution in [3.63, 3.8) is 0 Å². The van der Waals surface area contributed by atoms with E-state index in [1.807, 2.05) is 6.07 Å². The molecule has 1 amide bonds.